The molecule has 0 saturated carbocycles. The first kappa shape index (κ1) is 13.9. The zero-order valence-electron chi connectivity index (χ0n) is 9.19. The molecule has 2 N–H and O–H groups in total. The Balaban J connectivity index is 2.28. The van der Waals surface area contributed by atoms with Crippen molar-refractivity contribution >= 4 is 46.5 Å². The van der Waals surface area contributed by atoms with Crippen LogP contribution in [0.3, 0.4) is 0 Å². The summed E-state index contributed by atoms with van der Waals surface area (Å²) in [6.07, 6.45) is 0. The first-order chi connectivity index (χ1) is 8.95. The van der Waals surface area contributed by atoms with Crippen LogP contribution in [0.4, 0.5) is 5.82 Å². The molecule has 0 atom stereocenters. The SMILES string of the molecule is O=C(Nc1cc(Cl)nc(Cl)n1)c1cc(Cl)ccc1O. The van der Waals surface area contributed by atoms with Gasteiger partial charge in [-0.25, -0.2) is 9.97 Å². The minimum atomic E-state index is -0.592. The number of aromatic hydroxyl groups is 1. The Bertz CT molecular complexity index is 629. The van der Waals surface area contributed by atoms with E-state index in [0.717, 1.165) is 0 Å². The van der Waals surface area contributed by atoms with Crippen LogP contribution in [-0.4, -0.2) is 21.0 Å². The van der Waals surface area contributed by atoms with Crippen LogP contribution in [0.1, 0.15) is 10.4 Å². The van der Waals surface area contributed by atoms with Crippen molar-refractivity contribution < 1.29 is 9.90 Å². The molecule has 2 aromatic rings. The Morgan fingerprint density at radius 2 is 1.89 bits per heavy atom. The lowest BCUT2D eigenvalue weighted by Gasteiger charge is -2.07. The van der Waals surface area contributed by atoms with Gasteiger partial charge in [0, 0.05) is 11.1 Å². The number of anilines is 1. The molecule has 0 unspecified atom stereocenters. The molecule has 98 valence electrons. The van der Waals surface area contributed by atoms with Gasteiger partial charge in [-0.3, -0.25) is 4.79 Å². The molecule has 0 radical (unpaired) electrons. The smallest absolute Gasteiger partial charge is 0.260 e. The summed E-state index contributed by atoms with van der Waals surface area (Å²) < 4.78 is 0. The van der Waals surface area contributed by atoms with Crippen LogP contribution in [0.5, 0.6) is 5.75 Å². The number of nitrogens with one attached hydrogen (secondary N) is 1. The molecule has 1 heterocycles. The van der Waals surface area contributed by atoms with Gasteiger partial charge >= 0.3 is 0 Å². The van der Waals surface area contributed by atoms with Gasteiger partial charge in [0.15, 0.2) is 0 Å². The van der Waals surface area contributed by atoms with E-state index in [9.17, 15) is 9.90 Å². The lowest BCUT2D eigenvalue weighted by atomic mass is 10.2. The average Bonchev–Trinajstić information content (AvgIpc) is 2.30. The maximum absolute atomic E-state index is 11.9. The van der Waals surface area contributed by atoms with Crippen LogP contribution >= 0.6 is 34.8 Å². The van der Waals surface area contributed by atoms with Crippen molar-refractivity contribution in [3.8, 4) is 5.75 Å². The zero-order chi connectivity index (χ0) is 14.0. The molecule has 0 aliphatic carbocycles. The Labute approximate surface area is 123 Å². The molecule has 0 saturated heterocycles. The van der Waals surface area contributed by atoms with Gasteiger partial charge in [0.2, 0.25) is 5.28 Å². The largest absolute Gasteiger partial charge is 0.507 e. The standard InChI is InChI=1S/C11H6Cl3N3O2/c12-5-1-2-7(18)6(3-5)10(19)16-9-4-8(13)15-11(14)17-9/h1-4,18H,(H,15,16,17,19). The number of halogens is 3. The molecule has 0 fully saturated rings. The maximum Gasteiger partial charge on any atom is 0.260 e. The molecule has 1 aromatic carbocycles. The summed E-state index contributed by atoms with van der Waals surface area (Å²) >= 11 is 17.0. The quantitative estimate of drug-likeness (QED) is 0.657. The minimum Gasteiger partial charge on any atom is -0.507 e. The molecule has 5 nitrogen and oxygen atoms in total. The van der Waals surface area contributed by atoms with Crippen molar-refractivity contribution in [1.82, 2.24) is 9.97 Å². The summed E-state index contributed by atoms with van der Waals surface area (Å²) in [5.74, 6) is -0.673. The topological polar surface area (TPSA) is 75.1 Å². The first-order valence-corrected chi connectivity index (χ1v) is 6.09. The first-order valence-electron chi connectivity index (χ1n) is 4.95. The lowest BCUT2D eigenvalue weighted by Crippen LogP contribution is -2.13. The second-order valence-electron chi connectivity index (χ2n) is 3.46. The molecule has 2 rings (SSSR count). The molecule has 0 spiro atoms. The number of phenols is 1. The summed E-state index contributed by atoms with van der Waals surface area (Å²) in [6, 6.07) is 5.44. The van der Waals surface area contributed by atoms with E-state index < -0.39 is 5.91 Å². The molecular weight excluding hydrogens is 312 g/mol. The number of hydrogen-bond acceptors (Lipinski definition) is 4. The molecular formula is C11H6Cl3N3O2. The van der Waals surface area contributed by atoms with E-state index in [1.54, 1.807) is 0 Å². The average molecular weight is 319 g/mol. The highest BCUT2D eigenvalue weighted by molar-refractivity contribution is 6.32. The maximum atomic E-state index is 11.9. The molecule has 0 bridgehead atoms. The van der Waals surface area contributed by atoms with Gasteiger partial charge in [-0.15, -0.1) is 0 Å². The van der Waals surface area contributed by atoms with Gasteiger partial charge in [-0.05, 0) is 29.8 Å². The monoisotopic (exact) mass is 317 g/mol. The zero-order valence-corrected chi connectivity index (χ0v) is 11.5. The normalized spacial score (nSPS) is 10.3. The molecule has 0 aliphatic heterocycles. The van der Waals surface area contributed by atoms with Crippen molar-refractivity contribution in [2.45, 2.75) is 0 Å². The van der Waals surface area contributed by atoms with Crippen molar-refractivity contribution in [3.63, 3.8) is 0 Å². The fourth-order valence-electron chi connectivity index (χ4n) is 1.33. The summed E-state index contributed by atoms with van der Waals surface area (Å²) in [6.45, 7) is 0. The Morgan fingerprint density at radius 3 is 2.58 bits per heavy atom. The third-order valence-corrected chi connectivity index (χ3v) is 2.71. The second-order valence-corrected chi connectivity index (χ2v) is 4.62. The number of phenolic OH excluding ortho intramolecular Hbond substituents is 1. The molecule has 0 aliphatic rings. The van der Waals surface area contributed by atoms with Crippen LogP contribution in [0.15, 0.2) is 24.3 Å². The molecule has 1 amide bonds. The highest BCUT2D eigenvalue weighted by atomic mass is 35.5. The Morgan fingerprint density at radius 1 is 1.16 bits per heavy atom. The van der Waals surface area contributed by atoms with Gasteiger partial charge in [0.05, 0.1) is 5.56 Å². The summed E-state index contributed by atoms with van der Waals surface area (Å²) in [5.41, 5.74) is 0.0124. The van der Waals surface area contributed by atoms with E-state index in [0.29, 0.717) is 5.02 Å². The lowest BCUT2D eigenvalue weighted by molar-refractivity contribution is 0.102. The number of carbonyl (C=O) groups excluding carboxylic acids is 1. The van der Waals surface area contributed by atoms with E-state index in [4.69, 9.17) is 34.8 Å². The summed E-state index contributed by atoms with van der Waals surface area (Å²) in [7, 11) is 0. The van der Waals surface area contributed by atoms with Crippen molar-refractivity contribution in [2.75, 3.05) is 5.32 Å². The highest BCUT2D eigenvalue weighted by Crippen LogP contribution is 2.23. The Hall–Kier alpha value is -1.56. The van der Waals surface area contributed by atoms with E-state index in [1.807, 2.05) is 0 Å². The van der Waals surface area contributed by atoms with Crippen LogP contribution in [0.25, 0.3) is 0 Å². The van der Waals surface area contributed by atoms with Gasteiger partial charge < -0.3 is 10.4 Å². The van der Waals surface area contributed by atoms with Gasteiger partial charge in [-0.2, -0.15) is 0 Å². The fraction of sp³-hybridized carbons (Fsp3) is 0. The van der Waals surface area contributed by atoms with E-state index in [1.165, 1.54) is 24.3 Å². The number of carbonyl (C=O) groups is 1. The molecule has 8 heteroatoms. The molecule has 1 aromatic heterocycles. The summed E-state index contributed by atoms with van der Waals surface area (Å²) in [5, 5.41) is 12.3. The molecule has 19 heavy (non-hydrogen) atoms. The van der Waals surface area contributed by atoms with Gasteiger partial charge in [0.25, 0.3) is 5.91 Å². The van der Waals surface area contributed by atoms with Crippen molar-refractivity contribution in [3.05, 3.63) is 45.3 Å². The van der Waals surface area contributed by atoms with E-state index >= 15 is 0 Å². The van der Waals surface area contributed by atoms with Gasteiger partial charge in [-0.1, -0.05) is 23.2 Å². The van der Waals surface area contributed by atoms with Crippen molar-refractivity contribution in [2.24, 2.45) is 0 Å². The van der Waals surface area contributed by atoms with E-state index in [-0.39, 0.29) is 27.6 Å². The summed E-state index contributed by atoms with van der Waals surface area (Å²) in [4.78, 5) is 19.4. The van der Waals surface area contributed by atoms with Gasteiger partial charge in [0.1, 0.15) is 16.7 Å². The number of rotatable bonds is 2. The fourth-order valence-corrected chi connectivity index (χ4v) is 1.91. The van der Waals surface area contributed by atoms with Crippen molar-refractivity contribution in [1.29, 1.82) is 0 Å². The minimum absolute atomic E-state index is 0.0124. The number of nitrogens with zero attached hydrogens (tertiary/aromatic N) is 2. The highest BCUT2D eigenvalue weighted by Gasteiger charge is 2.13. The predicted octanol–water partition coefficient (Wildman–Crippen LogP) is 3.39. The van der Waals surface area contributed by atoms with Crippen LogP contribution < -0.4 is 5.32 Å². The number of amides is 1. The Kier molecular flexibility index (Phi) is 4.09. The number of benzene rings is 1. The van der Waals surface area contributed by atoms with Crippen LogP contribution in [-0.2, 0) is 0 Å². The second kappa shape index (κ2) is 5.61. The third-order valence-electron chi connectivity index (χ3n) is 2.11. The van der Waals surface area contributed by atoms with Crippen LogP contribution in [0, 0.1) is 0 Å². The van der Waals surface area contributed by atoms with Crippen LogP contribution in [0.2, 0.25) is 15.5 Å². The third kappa shape index (κ3) is 3.47. The number of aromatic nitrogens is 2. The predicted molar refractivity (Wildman–Crippen MR) is 73.1 cm³/mol. The number of hydrogen-bond donors (Lipinski definition) is 2. The van der Waals surface area contributed by atoms with E-state index in [2.05, 4.69) is 15.3 Å².